The molecule has 4 rings (SSSR count). The van der Waals surface area contributed by atoms with Crippen molar-refractivity contribution in [1.82, 2.24) is 0 Å². The lowest BCUT2D eigenvalue weighted by molar-refractivity contribution is -0.135. The van der Waals surface area contributed by atoms with E-state index in [4.69, 9.17) is 0 Å². The van der Waals surface area contributed by atoms with Crippen LogP contribution < -0.4 is 0 Å². The summed E-state index contributed by atoms with van der Waals surface area (Å²) in [7, 11) is 0. The van der Waals surface area contributed by atoms with Gasteiger partial charge in [-0.1, -0.05) is 42.5 Å². The Morgan fingerprint density at radius 3 is 2.33 bits per heavy atom. The summed E-state index contributed by atoms with van der Waals surface area (Å²) in [5.74, 6) is -0.663. The third-order valence-corrected chi connectivity index (χ3v) is 5.53. The molecule has 3 aliphatic rings. The number of ketones is 3. The Morgan fingerprint density at radius 1 is 1.04 bits per heavy atom. The largest absolute Gasteiger partial charge is 0.299 e. The zero-order chi connectivity index (χ0) is 16.7. The van der Waals surface area contributed by atoms with E-state index in [0.717, 1.165) is 18.4 Å². The summed E-state index contributed by atoms with van der Waals surface area (Å²) in [5, 5.41) is 0. The summed E-state index contributed by atoms with van der Waals surface area (Å²) in [6, 6.07) is 9.93. The predicted molar refractivity (Wildman–Crippen MR) is 90.2 cm³/mol. The maximum Gasteiger partial charge on any atom is 0.178 e. The van der Waals surface area contributed by atoms with Crippen LogP contribution in [0.5, 0.6) is 0 Å². The molecule has 0 heterocycles. The Bertz CT molecular complexity index is 737. The molecule has 24 heavy (non-hydrogen) atoms. The van der Waals surface area contributed by atoms with Crippen molar-refractivity contribution in [1.29, 1.82) is 0 Å². The van der Waals surface area contributed by atoms with E-state index >= 15 is 0 Å². The summed E-state index contributed by atoms with van der Waals surface area (Å²) in [6.45, 7) is 0. The molecule has 0 N–H and O–H groups in total. The predicted octanol–water partition coefficient (Wildman–Crippen LogP) is 3.09. The first kappa shape index (κ1) is 15.3. The molecule has 1 spiro atoms. The Kier molecular flexibility index (Phi) is 3.60. The molecule has 0 saturated heterocycles. The number of carbonyl (C=O) groups is 3. The van der Waals surface area contributed by atoms with Gasteiger partial charge >= 0.3 is 0 Å². The second-order valence-corrected chi connectivity index (χ2v) is 7.28. The average Bonchev–Trinajstić information content (AvgIpc) is 3.39. The van der Waals surface area contributed by atoms with Gasteiger partial charge in [-0.05, 0) is 43.4 Å². The zero-order valence-electron chi connectivity index (χ0n) is 13.5. The maximum atomic E-state index is 13.1. The molecule has 0 aromatic heterocycles. The molecule has 2 saturated carbocycles. The van der Waals surface area contributed by atoms with Crippen molar-refractivity contribution in [2.24, 2.45) is 23.2 Å². The van der Waals surface area contributed by atoms with Crippen molar-refractivity contribution in [3.8, 4) is 0 Å². The van der Waals surface area contributed by atoms with Crippen molar-refractivity contribution >= 4 is 17.3 Å². The first-order valence-corrected chi connectivity index (χ1v) is 8.63. The van der Waals surface area contributed by atoms with Crippen LogP contribution in [0.2, 0.25) is 0 Å². The smallest absolute Gasteiger partial charge is 0.178 e. The minimum absolute atomic E-state index is 0.0470. The lowest BCUT2D eigenvalue weighted by atomic mass is 9.72. The van der Waals surface area contributed by atoms with Gasteiger partial charge in [-0.25, -0.2) is 0 Å². The highest BCUT2D eigenvalue weighted by molar-refractivity contribution is 6.09. The molecule has 3 nitrogen and oxygen atoms in total. The van der Waals surface area contributed by atoms with E-state index in [1.54, 1.807) is 0 Å². The van der Waals surface area contributed by atoms with Gasteiger partial charge in [0.05, 0.1) is 5.92 Å². The van der Waals surface area contributed by atoms with Crippen molar-refractivity contribution < 1.29 is 14.4 Å². The highest BCUT2D eigenvalue weighted by atomic mass is 16.2. The molecule has 1 aromatic carbocycles. The van der Waals surface area contributed by atoms with E-state index in [1.165, 1.54) is 12.2 Å². The Labute approximate surface area is 141 Å². The molecule has 3 aliphatic carbocycles. The molecular formula is C21H20O3. The molecule has 0 aliphatic heterocycles. The van der Waals surface area contributed by atoms with Crippen LogP contribution in [0.3, 0.4) is 0 Å². The van der Waals surface area contributed by atoms with Gasteiger partial charge in [0.1, 0.15) is 11.6 Å². The third kappa shape index (κ3) is 2.58. The van der Waals surface area contributed by atoms with Gasteiger partial charge in [0, 0.05) is 17.3 Å². The molecule has 1 aromatic rings. The second kappa shape index (κ2) is 5.66. The fourth-order valence-electron chi connectivity index (χ4n) is 4.14. The number of allylic oxidation sites excluding steroid dienone is 4. The zero-order valence-corrected chi connectivity index (χ0v) is 13.5. The standard InChI is InChI=1S/C21H20O3/c22-17-8-10-21(11-9-17)13-16(12-14-4-2-1-3-5-14)20(24)18(21)19(23)15-6-7-15/h1-5,8-11,15-16,18H,6-7,12-13H2/t16?,18-/m1/s1. The summed E-state index contributed by atoms with van der Waals surface area (Å²) >= 11 is 0. The lowest BCUT2D eigenvalue weighted by Crippen LogP contribution is -2.34. The molecular weight excluding hydrogens is 300 g/mol. The fraction of sp³-hybridized carbons (Fsp3) is 0.381. The number of carbonyl (C=O) groups excluding carboxylic acids is 3. The van der Waals surface area contributed by atoms with Gasteiger partial charge in [-0.2, -0.15) is 0 Å². The van der Waals surface area contributed by atoms with Crippen molar-refractivity contribution in [2.45, 2.75) is 25.7 Å². The average molecular weight is 320 g/mol. The monoisotopic (exact) mass is 320 g/mol. The van der Waals surface area contributed by atoms with Gasteiger partial charge in [0.2, 0.25) is 0 Å². The first-order chi connectivity index (χ1) is 11.6. The van der Waals surface area contributed by atoms with E-state index in [0.29, 0.717) is 12.8 Å². The molecule has 122 valence electrons. The Morgan fingerprint density at radius 2 is 1.71 bits per heavy atom. The van der Waals surface area contributed by atoms with E-state index in [2.05, 4.69) is 0 Å². The van der Waals surface area contributed by atoms with Crippen LogP contribution >= 0.6 is 0 Å². The van der Waals surface area contributed by atoms with E-state index in [-0.39, 0.29) is 29.2 Å². The van der Waals surface area contributed by atoms with Crippen LogP contribution in [0.15, 0.2) is 54.6 Å². The van der Waals surface area contributed by atoms with Gasteiger partial charge in [0.15, 0.2) is 5.78 Å². The van der Waals surface area contributed by atoms with Crippen molar-refractivity contribution in [3.63, 3.8) is 0 Å². The van der Waals surface area contributed by atoms with Crippen LogP contribution in [0.25, 0.3) is 0 Å². The van der Waals surface area contributed by atoms with Gasteiger partial charge in [-0.3, -0.25) is 14.4 Å². The fourth-order valence-corrected chi connectivity index (χ4v) is 4.14. The normalized spacial score (nSPS) is 27.8. The van der Waals surface area contributed by atoms with E-state index in [1.807, 2.05) is 42.5 Å². The molecule has 3 heteroatoms. The SMILES string of the molecule is O=C1C=CC2(C=C1)CC(Cc1ccccc1)C(=O)[C@H]2C(=O)C1CC1. The summed E-state index contributed by atoms with van der Waals surface area (Å²) in [4.78, 5) is 37.4. The first-order valence-electron chi connectivity index (χ1n) is 8.63. The van der Waals surface area contributed by atoms with Crippen LogP contribution in [0.1, 0.15) is 24.8 Å². The molecule has 0 radical (unpaired) electrons. The number of Topliss-reactive ketones (excluding diaryl/α,β-unsaturated/α-hetero) is 2. The molecule has 2 atom stereocenters. The van der Waals surface area contributed by atoms with Gasteiger partial charge in [0.25, 0.3) is 0 Å². The van der Waals surface area contributed by atoms with E-state index < -0.39 is 11.3 Å². The molecule has 0 amide bonds. The number of rotatable bonds is 4. The third-order valence-electron chi connectivity index (χ3n) is 5.53. The minimum atomic E-state index is -0.612. The summed E-state index contributed by atoms with van der Waals surface area (Å²) in [5.41, 5.74) is 0.523. The summed E-state index contributed by atoms with van der Waals surface area (Å²) in [6.07, 6.45) is 9.72. The van der Waals surface area contributed by atoms with Gasteiger partial charge < -0.3 is 0 Å². The number of hydrogen-bond donors (Lipinski definition) is 0. The molecule has 1 unspecified atom stereocenters. The van der Waals surface area contributed by atoms with E-state index in [9.17, 15) is 14.4 Å². The second-order valence-electron chi connectivity index (χ2n) is 7.28. The lowest BCUT2D eigenvalue weighted by Gasteiger charge is -2.29. The highest BCUT2D eigenvalue weighted by Gasteiger charge is 2.56. The van der Waals surface area contributed by atoms with Crippen LogP contribution in [0, 0.1) is 23.2 Å². The van der Waals surface area contributed by atoms with Crippen LogP contribution in [0.4, 0.5) is 0 Å². The van der Waals surface area contributed by atoms with Crippen LogP contribution in [-0.4, -0.2) is 17.3 Å². The maximum absolute atomic E-state index is 13.1. The molecule has 2 fully saturated rings. The van der Waals surface area contributed by atoms with Crippen molar-refractivity contribution in [3.05, 3.63) is 60.2 Å². The quantitative estimate of drug-likeness (QED) is 0.801. The number of hydrogen-bond acceptors (Lipinski definition) is 3. The van der Waals surface area contributed by atoms with Crippen molar-refractivity contribution in [2.75, 3.05) is 0 Å². The van der Waals surface area contributed by atoms with Gasteiger partial charge in [-0.15, -0.1) is 0 Å². The summed E-state index contributed by atoms with van der Waals surface area (Å²) < 4.78 is 0. The minimum Gasteiger partial charge on any atom is -0.299 e. The number of benzene rings is 1. The highest BCUT2D eigenvalue weighted by Crippen LogP contribution is 2.51. The Balaban J connectivity index is 1.66. The molecule has 0 bridgehead atoms. The van der Waals surface area contributed by atoms with Crippen LogP contribution in [-0.2, 0) is 20.8 Å². The Hall–Kier alpha value is -2.29. The topological polar surface area (TPSA) is 51.2 Å².